The van der Waals surface area contributed by atoms with E-state index in [0.29, 0.717) is 27.8 Å². The number of benzene rings is 2. The predicted molar refractivity (Wildman–Crippen MR) is 105 cm³/mol. The Balaban J connectivity index is 2.34. The molecule has 0 saturated carbocycles. The van der Waals surface area contributed by atoms with Crippen molar-refractivity contribution in [2.24, 2.45) is 5.92 Å². The number of aliphatic carboxylic acids is 1. The quantitative estimate of drug-likeness (QED) is 0.474. The monoisotopic (exact) mass is 394 g/mol. The molecular formula is C19H20Cl2N2O3. The Hall–Kier alpha value is -2.24. The van der Waals surface area contributed by atoms with Gasteiger partial charge < -0.3 is 5.11 Å². The fraction of sp³-hybridized carbons (Fsp3) is 0.263. The van der Waals surface area contributed by atoms with Gasteiger partial charge in [-0.15, -0.1) is 0 Å². The first-order chi connectivity index (χ1) is 12.4. The molecular weight excluding hydrogens is 375 g/mol. The smallest absolute Gasteiger partial charge is 0.316 e. The average molecular weight is 395 g/mol. The molecule has 2 rings (SSSR count). The van der Waals surface area contributed by atoms with E-state index < -0.39 is 17.8 Å². The van der Waals surface area contributed by atoms with Crippen molar-refractivity contribution in [2.75, 3.05) is 10.4 Å². The van der Waals surface area contributed by atoms with Gasteiger partial charge in [-0.1, -0.05) is 43.0 Å². The van der Waals surface area contributed by atoms with Gasteiger partial charge in [-0.3, -0.25) is 15.0 Å². The lowest BCUT2D eigenvalue weighted by Gasteiger charge is -2.27. The van der Waals surface area contributed by atoms with E-state index in [9.17, 15) is 14.7 Å². The summed E-state index contributed by atoms with van der Waals surface area (Å²) in [7, 11) is 0. The summed E-state index contributed by atoms with van der Waals surface area (Å²) < 4.78 is 0. The lowest BCUT2D eigenvalue weighted by Crippen LogP contribution is -2.43. The summed E-state index contributed by atoms with van der Waals surface area (Å²) in [5, 5.41) is 11.8. The molecule has 0 aliphatic carbocycles. The second-order valence-electron chi connectivity index (χ2n) is 5.80. The summed E-state index contributed by atoms with van der Waals surface area (Å²) in [6, 6.07) is 13.4. The molecule has 2 aromatic rings. The number of amides is 1. The van der Waals surface area contributed by atoms with Crippen LogP contribution < -0.4 is 10.4 Å². The highest BCUT2D eigenvalue weighted by molar-refractivity contribution is 6.31. The molecule has 0 spiro atoms. The number of hydrogen-bond donors (Lipinski definition) is 2. The van der Waals surface area contributed by atoms with E-state index in [2.05, 4.69) is 5.43 Å². The first-order valence-electron chi connectivity index (χ1n) is 8.27. The molecule has 1 unspecified atom stereocenters. The minimum absolute atomic E-state index is 0.275. The number of hydrogen-bond acceptors (Lipinski definition) is 3. The highest BCUT2D eigenvalue weighted by Crippen LogP contribution is 2.24. The maximum atomic E-state index is 13.0. The van der Waals surface area contributed by atoms with Crippen LogP contribution in [0.2, 0.25) is 10.0 Å². The zero-order chi connectivity index (χ0) is 19.1. The minimum Gasteiger partial charge on any atom is -0.481 e. The molecule has 0 aliphatic heterocycles. The molecule has 5 nitrogen and oxygen atoms in total. The van der Waals surface area contributed by atoms with Crippen molar-refractivity contribution in [1.29, 1.82) is 0 Å². The van der Waals surface area contributed by atoms with Gasteiger partial charge in [0.2, 0.25) is 0 Å². The molecule has 0 saturated heterocycles. The summed E-state index contributed by atoms with van der Waals surface area (Å²) in [6.07, 6.45) is 1.73. The van der Waals surface area contributed by atoms with Crippen molar-refractivity contribution in [3.63, 3.8) is 0 Å². The molecule has 0 radical (unpaired) electrons. The van der Waals surface area contributed by atoms with E-state index in [1.54, 1.807) is 48.5 Å². The molecule has 2 aromatic carbocycles. The third-order valence-corrected chi connectivity index (χ3v) is 4.34. The van der Waals surface area contributed by atoms with Crippen molar-refractivity contribution in [3.8, 4) is 0 Å². The third-order valence-electron chi connectivity index (χ3n) is 3.83. The Morgan fingerprint density at radius 1 is 1.04 bits per heavy atom. The van der Waals surface area contributed by atoms with Gasteiger partial charge in [0.15, 0.2) is 0 Å². The molecule has 1 amide bonds. The highest BCUT2D eigenvalue weighted by atomic mass is 35.5. The molecule has 26 heavy (non-hydrogen) atoms. The number of carboxylic acid groups (broad SMARTS) is 1. The number of carbonyl (C=O) groups excluding carboxylic acids is 1. The Kier molecular flexibility index (Phi) is 7.30. The maximum absolute atomic E-state index is 13.0. The fourth-order valence-corrected chi connectivity index (χ4v) is 2.66. The van der Waals surface area contributed by atoms with Gasteiger partial charge in [0, 0.05) is 10.0 Å². The van der Waals surface area contributed by atoms with Gasteiger partial charge in [0.1, 0.15) is 5.92 Å². The lowest BCUT2D eigenvalue weighted by atomic mass is 10.0. The van der Waals surface area contributed by atoms with E-state index in [-0.39, 0.29) is 6.42 Å². The van der Waals surface area contributed by atoms with Gasteiger partial charge >= 0.3 is 5.97 Å². The maximum Gasteiger partial charge on any atom is 0.316 e. The third kappa shape index (κ3) is 5.38. The normalized spacial score (nSPS) is 11.7. The number of unbranched alkanes of at least 4 members (excludes halogenated alkanes) is 1. The van der Waals surface area contributed by atoms with E-state index in [0.717, 1.165) is 6.42 Å². The fourth-order valence-electron chi connectivity index (χ4n) is 2.41. The van der Waals surface area contributed by atoms with E-state index in [4.69, 9.17) is 23.2 Å². The number of carboxylic acids is 1. The minimum atomic E-state index is -1.14. The summed E-state index contributed by atoms with van der Waals surface area (Å²) in [5.74, 6) is -2.81. The number of anilines is 2. The summed E-state index contributed by atoms with van der Waals surface area (Å²) in [5.41, 5.74) is 4.08. The second-order valence-corrected chi connectivity index (χ2v) is 6.67. The average Bonchev–Trinajstić information content (AvgIpc) is 2.62. The van der Waals surface area contributed by atoms with Crippen molar-refractivity contribution in [2.45, 2.75) is 26.2 Å². The topological polar surface area (TPSA) is 69.6 Å². The number of nitrogens with zero attached hydrogens (tertiary/aromatic N) is 1. The van der Waals surface area contributed by atoms with Crippen LogP contribution in [0.5, 0.6) is 0 Å². The van der Waals surface area contributed by atoms with Crippen LogP contribution >= 0.6 is 23.2 Å². The van der Waals surface area contributed by atoms with E-state index >= 15 is 0 Å². The van der Waals surface area contributed by atoms with Crippen LogP contribution in [-0.2, 0) is 9.59 Å². The molecule has 2 N–H and O–H groups in total. The van der Waals surface area contributed by atoms with Crippen molar-refractivity contribution < 1.29 is 14.7 Å². The molecule has 138 valence electrons. The number of nitrogens with one attached hydrogen (secondary N) is 1. The molecule has 0 aliphatic rings. The summed E-state index contributed by atoms with van der Waals surface area (Å²) in [6.45, 7) is 1.95. The van der Waals surface area contributed by atoms with Gasteiger partial charge in [-0.25, -0.2) is 5.01 Å². The Bertz CT molecular complexity index is 748. The van der Waals surface area contributed by atoms with Crippen LogP contribution in [0.25, 0.3) is 0 Å². The zero-order valence-electron chi connectivity index (χ0n) is 14.3. The molecule has 0 heterocycles. The van der Waals surface area contributed by atoms with Gasteiger partial charge in [0.05, 0.1) is 11.4 Å². The van der Waals surface area contributed by atoms with Gasteiger partial charge in [-0.05, 0) is 55.0 Å². The van der Waals surface area contributed by atoms with Gasteiger partial charge in [0.25, 0.3) is 5.91 Å². The number of carbonyl (C=O) groups is 2. The lowest BCUT2D eigenvalue weighted by molar-refractivity contribution is -0.146. The number of halogens is 2. The Morgan fingerprint density at radius 2 is 1.58 bits per heavy atom. The summed E-state index contributed by atoms with van der Waals surface area (Å²) >= 11 is 11.8. The van der Waals surface area contributed by atoms with E-state index in [1.807, 2.05) is 6.92 Å². The molecule has 0 bridgehead atoms. The molecule has 7 heteroatoms. The van der Waals surface area contributed by atoms with Crippen LogP contribution in [0.3, 0.4) is 0 Å². The predicted octanol–water partition coefficient (Wildman–Crippen LogP) is 5.24. The standard InChI is InChI=1S/C19H20Cl2N2O3/c1-2-3-4-17(19(25)26)18(24)23(16-11-7-14(21)8-12-16)22-15-9-5-13(20)6-10-15/h5-12,17,22H,2-4H2,1H3,(H,25,26). The van der Waals surface area contributed by atoms with Crippen LogP contribution in [0.15, 0.2) is 48.5 Å². The zero-order valence-corrected chi connectivity index (χ0v) is 15.8. The van der Waals surface area contributed by atoms with Crippen molar-refractivity contribution in [1.82, 2.24) is 0 Å². The van der Waals surface area contributed by atoms with Crippen molar-refractivity contribution >= 4 is 46.5 Å². The largest absolute Gasteiger partial charge is 0.481 e. The van der Waals surface area contributed by atoms with Crippen molar-refractivity contribution in [3.05, 3.63) is 58.6 Å². The first-order valence-corrected chi connectivity index (χ1v) is 9.02. The molecule has 1 atom stereocenters. The molecule has 0 aromatic heterocycles. The highest BCUT2D eigenvalue weighted by Gasteiger charge is 2.31. The summed E-state index contributed by atoms with van der Waals surface area (Å²) in [4.78, 5) is 24.6. The Morgan fingerprint density at radius 3 is 2.08 bits per heavy atom. The van der Waals surface area contributed by atoms with Crippen LogP contribution in [0.1, 0.15) is 26.2 Å². The van der Waals surface area contributed by atoms with Crippen LogP contribution in [0.4, 0.5) is 11.4 Å². The van der Waals surface area contributed by atoms with Crippen LogP contribution in [-0.4, -0.2) is 17.0 Å². The number of hydrazine groups is 1. The Labute approximate surface area is 162 Å². The first kappa shape index (κ1) is 20.1. The van der Waals surface area contributed by atoms with Crippen LogP contribution in [0, 0.1) is 5.92 Å². The van der Waals surface area contributed by atoms with E-state index in [1.165, 1.54) is 5.01 Å². The van der Waals surface area contributed by atoms with Gasteiger partial charge in [-0.2, -0.15) is 0 Å². The molecule has 0 fully saturated rings. The number of rotatable bonds is 8. The second kappa shape index (κ2) is 9.46. The SMILES string of the molecule is CCCCC(C(=O)O)C(=O)N(Nc1ccc(Cl)cc1)c1ccc(Cl)cc1.